The molecule has 49 heavy (non-hydrogen) atoms. The molecule has 0 N–H and O–H groups in total. The minimum atomic E-state index is 0.244. The highest BCUT2D eigenvalue weighted by atomic mass is 32.1. The third-order valence-corrected chi connectivity index (χ3v) is 11.4. The second-order valence-corrected chi connectivity index (χ2v) is 14.0. The summed E-state index contributed by atoms with van der Waals surface area (Å²) in [6.45, 7) is 0. The second-order valence-electron chi connectivity index (χ2n) is 13.0. The molecule has 0 amide bonds. The zero-order chi connectivity index (χ0) is 32.1. The summed E-state index contributed by atoms with van der Waals surface area (Å²) in [6.07, 6.45) is 3.30. The molecule has 3 aromatic heterocycles. The van der Waals surface area contributed by atoms with Gasteiger partial charge in [-0.3, -0.25) is 4.90 Å². The van der Waals surface area contributed by atoms with Crippen LogP contribution >= 0.6 is 11.3 Å². The number of benzene rings is 6. The molecule has 6 aromatic carbocycles. The SMILES string of the molecule is C1=C2C(Cc3ccccc31)c1ccccc1N2c1nc2c(nc1-c1ccccc1)oc1cc(-c3ccc4sc5ccccc5c4c3)ccc12. The lowest BCUT2D eigenvalue weighted by Gasteiger charge is -2.27. The van der Waals surface area contributed by atoms with Crippen LogP contribution in [-0.2, 0) is 6.42 Å². The van der Waals surface area contributed by atoms with Crippen molar-refractivity contribution >= 4 is 71.3 Å². The van der Waals surface area contributed by atoms with Gasteiger partial charge in [-0.15, -0.1) is 11.3 Å². The molecule has 2 aliphatic rings. The van der Waals surface area contributed by atoms with Crippen molar-refractivity contribution in [2.45, 2.75) is 12.3 Å². The summed E-state index contributed by atoms with van der Waals surface area (Å²) < 4.78 is 9.16. The lowest BCUT2D eigenvalue weighted by Crippen LogP contribution is -2.19. The number of anilines is 2. The van der Waals surface area contributed by atoms with Gasteiger partial charge in [0.15, 0.2) is 5.82 Å². The van der Waals surface area contributed by atoms with Crippen LogP contribution in [0.4, 0.5) is 11.5 Å². The maximum Gasteiger partial charge on any atom is 0.247 e. The molecule has 1 aliphatic carbocycles. The van der Waals surface area contributed by atoms with Crippen molar-refractivity contribution in [2.24, 2.45) is 0 Å². The van der Waals surface area contributed by atoms with Crippen molar-refractivity contribution < 1.29 is 4.42 Å². The molecule has 9 aromatic rings. The predicted molar refractivity (Wildman–Crippen MR) is 203 cm³/mol. The zero-order valence-corrected chi connectivity index (χ0v) is 27.1. The van der Waals surface area contributed by atoms with E-state index in [4.69, 9.17) is 14.4 Å². The molecule has 1 unspecified atom stereocenters. The normalized spacial score (nSPS) is 15.1. The Morgan fingerprint density at radius 1 is 0.633 bits per heavy atom. The number of thiophene rings is 1. The lowest BCUT2D eigenvalue weighted by molar-refractivity contribution is 0.653. The topological polar surface area (TPSA) is 42.2 Å². The van der Waals surface area contributed by atoms with E-state index in [1.807, 2.05) is 17.4 Å². The average molecular weight is 646 g/mol. The molecule has 11 rings (SSSR count). The highest BCUT2D eigenvalue weighted by Crippen LogP contribution is 2.53. The summed E-state index contributed by atoms with van der Waals surface area (Å²) in [6, 6.07) is 49.7. The van der Waals surface area contributed by atoms with Crippen molar-refractivity contribution in [2.75, 3.05) is 4.90 Å². The Morgan fingerprint density at radius 3 is 2.37 bits per heavy atom. The lowest BCUT2D eigenvalue weighted by atomic mass is 9.84. The molecule has 0 bridgehead atoms. The predicted octanol–water partition coefficient (Wildman–Crippen LogP) is 11.9. The molecule has 230 valence electrons. The molecule has 0 spiro atoms. The third-order valence-electron chi connectivity index (χ3n) is 10.2. The first-order valence-corrected chi connectivity index (χ1v) is 17.5. The van der Waals surface area contributed by atoms with Crippen LogP contribution in [0.1, 0.15) is 22.6 Å². The quantitative estimate of drug-likeness (QED) is 0.192. The van der Waals surface area contributed by atoms with Crippen LogP contribution in [-0.4, -0.2) is 9.97 Å². The molecular weight excluding hydrogens is 619 g/mol. The molecule has 0 saturated carbocycles. The molecule has 0 fully saturated rings. The van der Waals surface area contributed by atoms with Crippen LogP contribution in [0.2, 0.25) is 0 Å². The van der Waals surface area contributed by atoms with Gasteiger partial charge in [-0.25, -0.2) is 9.97 Å². The number of hydrogen-bond acceptors (Lipinski definition) is 5. The first-order valence-electron chi connectivity index (χ1n) is 16.7. The van der Waals surface area contributed by atoms with Gasteiger partial charge >= 0.3 is 0 Å². The van der Waals surface area contributed by atoms with E-state index in [1.54, 1.807) is 0 Å². The minimum Gasteiger partial charge on any atom is -0.436 e. The fourth-order valence-corrected chi connectivity index (χ4v) is 8.98. The van der Waals surface area contributed by atoms with Gasteiger partial charge in [0, 0.05) is 42.7 Å². The number of allylic oxidation sites excluding steroid dienone is 1. The Kier molecular flexibility index (Phi) is 5.63. The summed E-state index contributed by atoms with van der Waals surface area (Å²) in [5.74, 6) is 1.06. The standard InChI is InChI=1S/C44H27N3OS/c1-2-10-26(11-3-1)41-43(47-36-16-8-6-14-31(36)34-22-27-12-4-5-13-28(27)24-37(34)47)45-42-33-20-18-30(25-38(33)48-44(42)46-41)29-19-21-40-35(23-29)32-15-7-9-17-39(32)49-40/h1-21,23-25,34H,22H2. The van der Waals surface area contributed by atoms with E-state index in [1.165, 1.54) is 42.6 Å². The summed E-state index contributed by atoms with van der Waals surface area (Å²) in [7, 11) is 0. The van der Waals surface area contributed by atoms with Crippen molar-refractivity contribution in [1.29, 1.82) is 0 Å². The van der Waals surface area contributed by atoms with Gasteiger partial charge in [-0.1, -0.05) is 103 Å². The van der Waals surface area contributed by atoms with Crippen LogP contribution in [0.25, 0.3) is 70.8 Å². The fourth-order valence-electron chi connectivity index (χ4n) is 7.89. The van der Waals surface area contributed by atoms with Crippen molar-refractivity contribution in [3.63, 3.8) is 0 Å². The van der Waals surface area contributed by atoms with Gasteiger partial charge in [0.05, 0.1) is 5.69 Å². The van der Waals surface area contributed by atoms with Crippen LogP contribution in [0.5, 0.6) is 0 Å². The van der Waals surface area contributed by atoms with Gasteiger partial charge in [0.25, 0.3) is 0 Å². The van der Waals surface area contributed by atoms with Gasteiger partial charge in [-0.2, -0.15) is 0 Å². The number of nitrogens with zero attached hydrogens (tertiary/aromatic N) is 3. The molecule has 0 radical (unpaired) electrons. The van der Waals surface area contributed by atoms with E-state index >= 15 is 0 Å². The van der Waals surface area contributed by atoms with Gasteiger partial charge in [0.1, 0.15) is 16.8 Å². The van der Waals surface area contributed by atoms with Crippen molar-refractivity contribution in [3.8, 4) is 22.4 Å². The summed E-state index contributed by atoms with van der Waals surface area (Å²) >= 11 is 1.84. The van der Waals surface area contributed by atoms with Crippen LogP contribution < -0.4 is 4.90 Å². The number of hydrogen-bond donors (Lipinski definition) is 0. The summed E-state index contributed by atoms with van der Waals surface area (Å²) in [4.78, 5) is 13.1. The van der Waals surface area contributed by atoms with Crippen LogP contribution in [0, 0.1) is 0 Å². The maximum absolute atomic E-state index is 6.56. The molecule has 1 aliphatic heterocycles. The minimum absolute atomic E-state index is 0.244. The first-order chi connectivity index (χ1) is 24.3. The number of rotatable bonds is 3. The largest absolute Gasteiger partial charge is 0.436 e. The highest BCUT2D eigenvalue weighted by molar-refractivity contribution is 7.25. The van der Waals surface area contributed by atoms with E-state index in [-0.39, 0.29) is 5.92 Å². The Morgan fingerprint density at radius 2 is 1.41 bits per heavy atom. The Hall–Kier alpha value is -6.04. The number of aromatic nitrogens is 2. The number of para-hydroxylation sites is 1. The summed E-state index contributed by atoms with van der Waals surface area (Å²) in [5, 5.41) is 3.54. The molecular formula is C44H27N3OS. The monoisotopic (exact) mass is 645 g/mol. The first kappa shape index (κ1) is 27.0. The molecule has 4 heterocycles. The zero-order valence-electron chi connectivity index (χ0n) is 26.3. The summed E-state index contributed by atoms with van der Waals surface area (Å²) in [5.41, 5.74) is 12.5. The Balaban J connectivity index is 1.12. The van der Waals surface area contributed by atoms with E-state index in [0.717, 1.165) is 56.8 Å². The average Bonchev–Trinajstić information content (AvgIpc) is 3.82. The van der Waals surface area contributed by atoms with E-state index in [2.05, 4.69) is 144 Å². The number of fused-ring (bicyclic) bond motifs is 10. The van der Waals surface area contributed by atoms with Crippen LogP contribution in [0.15, 0.2) is 150 Å². The van der Waals surface area contributed by atoms with Gasteiger partial charge < -0.3 is 4.42 Å². The van der Waals surface area contributed by atoms with E-state index in [0.29, 0.717) is 5.71 Å². The van der Waals surface area contributed by atoms with Gasteiger partial charge in [-0.05, 0) is 76.7 Å². The molecule has 0 saturated heterocycles. The molecule has 5 heteroatoms. The Labute approximate surface area is 286 Å². The fraction of sp³-hybridized carbons (Fsp3) is 0.0455. The van der Waals surface area contributed by atoms with E-state index in [9.17, 15) is 0 Å². The van der Waals surface area contributed by atoms with Gasteiger partial charge in [0.2, 0.25) is 5.71 Å². The number of furan rings is 1. The molecule has 4 nitrogen and oxygen atoms in total. The highest BCUT2D eigenvalue weighted by Gasteiger charge is 2.39. The van der Waals surface area contributed by atoms with Crippen molar-refractivity contribution in [1.82, 2.24) is 9.97 Å². The van der Waals surface area contributed by atoms with Crippen LogP contribution in [0.3, 0.4) is 0 Å². The Bertz CT molecular complexity index is 2830. The molecule has 1 atom stereocenters. The second kappa shape index (κ2) is 10.2. The third kappa shape index (κ3) is 4.03. The smallest absolute Gasteiger partial charge is 0.247 e. The van der Waals surface area contributed by atoms with Crippen molar-refractivity contribution in [3.05, 3.63) is 162 Å². The maximum atomic E-state index is 6.56. The van der Waals surface area contributed by atoms with E-state index < -0.39 is 0 Å².